The molecule has 32 heavy (non-hydrogen) atoms. The van der Waals surface area contributed by atoms with Gasteiger partial charge in [0.2, 0.25) is 6.79 Å². The van der Waals surface area contributed by atoms with Crippen molar-refractivity contribution >= 4 is 5.78 Å². The highest BCUT2D eigenvalue weighted by molar-refractivity contribution is 6.00. The lowest BCUT2D eigenvalue weighted by molar-refractivity contribution is -0.117. The zero-order chi connectivity index (χ0) is 22.4. The molecule has 2 aliphatic heterocycles. The minimum absolute atomic E-state index is 0.0369. The molecule has 0 aromatic heterocycles. The van der Waals surface area contributed by atoms with E-state index in [-0.39, 0.29) is 18.5 Å². The Morgan fingerprint density at radius 1 is 1.06 bits per heavy atom. The summed E-state index contributed by atoms with van der Waals surface area (Å²) in [6, 6.07) is 17.9. The van der Waals surface area contributed by atoms with Crippen molar-refractivity contribution in [2.75, 3.05) is 20.9 Å². The van der Waals surface area contributed by atoms with E-state index in [0.29, 0.717) is 41.3 Å². The SMILES string of the molecule is CN(C)N1C(N)=C(C#N)C(c2ccc3c(c2)OCO3)C2=C1CC(c1ccccc1)CC2=O. The van der Waals surface area contributed by atoms with Gasteiger partial charge in [0.25, 0.3) is 0 Å². The number of hydrogen-bond acceptors (Lipinski definition) is 7. The first-order chi connectivity index (χ1) is 15.5. The summed E-state index contributed by atoms with van der Waals surface area (Å²) in [5.41, 5.74) is 10.3. The van der Waals surface area contributed by atoms with E-state index >= 15 is 0 Å². The number of hydrogen-bond donors (Lipinski definition) is 1. The topological polar surface area (TPSA) is 91.8 Å². The number of fused-ring (bicyclic) bond motifs is 1. The normalized spacial score (nSPS) is 22.3. The van der Waals surface area contributed by atoms with Gasteiger partial charge in [-0.2, -0.15) is 5.26 Å². The first-order valence-electron chi connectivity index (χ1n) is 10.6. The van der Waals surface area contributed by atoms with Crippen LogP contribution in [0.4, 0.5) is 0 Å². The van der Waals surface area contributed by atoms with Crippen LogP contribution in [0.15, 0.2) is 71.2 Å². The van der Waals surface area contributed by atoms with E-state index < -0.39 is 5.92 Å². The molecule has 2 atom stereocenters. The predicted octanol–water partition coefficient (Wildman–Crippen LogP) is 3.39. The highest BCUT2D eigenvalue weighted by Crippen LogP contribution is 2.49. The van der Waals surface area contributed by atoms with Crippen LogP contribution in [0.1, 0.15) is 35.8 Å². The second kappa shape index (κ2) is 7.74. The molecule has 0 radical (unpaired) electrons. The number of allylic oxidation sites excluding steroid dienone is 3. The van der Waals surface area contributed by atoms with Gasteiger partial charge in [-0.05, 0) is 35.6 Å². The maximum absolute atomic E-state index is 13.6. The van der Waals surface area contributed by atoms with Crippen molar-refractivity contribution in [3.8, 4) is 17.6 Å². The molecule has 2 unspecified atom stereocenters. The van der Waals surface area contributed by atoms with Crippen LogP contribution in [0.5, 0.6) is 11.5 Å². The number of carbonyl (C=O) groups is 1. The van der Waals surface area contributed by atoms with Gasteiger partial charge in [-0.1, -0.05) is 36.4 Å². The number of Topliss-reactive ketones (excluding diaryl/α,β-unsaturated/α-hetero) is 1. The third-order valence-electron chi connectivity index (χ3n) is 6.34. The number of ketones is 1. The third-order valence-corrected chi connectivity index (χ3v) is 6.34. The molecule has 2 heterocycles. The summed E-state index contributed by atoms with van der Waals surface area (Å²) < 4.78 is 11.0. The molecule has 0 saturated heterocycles. The summed E-state index contributed by atoms with van der Waals surface area (Å²) in [5, 5.41) is 13.7. The van der Waals surface area contributed by atoms with Gasteiger partial charge in [-0.15, -0.1) is 0 Å². The average Bonchev–Trinajstić information content (AvgIpc) is 3.26. The standard InChI is InChI=1S/C25H24N4O3/c1-28(2)29-19-10-17(15-6-4-3-5-7-15)11-20(30)24(19)23(18(13-26)25(29)27)16-8-9-21-22(12-16)32-14-31-21/h3-9,12,17,23H,10-11,14,27H2,1-2H3. The Bertz CT molecular complexity index is 1190. The summed E-state index contributed by atoms with van der Waals surface area (Å²) in [7, 11) is 3.73. The van der Waals surface area contributed by atoms with Crippen LogP contribution < -0.4 is 15.2 Å². The molecule has 162 valence electrons. The number of nitrogens with two attached hydrogens (primary N) is 1. The lowest BCUT2D eigenvalue weighted by atomic mass is 9.72. The van der Waals surface area contributed by atoms with Gasteiger partial charge in [0.15, 0.2) is 17.3 Å². The van der Waals surface area contributed by atoms with E-state index in [0.717, 1.165) is 16.8 Å². The molecule has 2 N–H and O–H groups in total. The minimum Gasteiger partial charge on any atom is -0.454 e. The highest BCUT2D eigenvalue weighted by atomic mass is 16.7. The molecule has 7 heteroatoms. The number of ether oxygens (including phenoxy) is 2. The molecule has 1 aliphatic carbocycles. The van der Waals surface area contributed by atoms with Gasteiger partial charge in [-0.25, -0.2) is 5.01 Å². The number of nitriles is 1. The minimum atomic E-state index is -0.537. The van der Waals surface area contributed by atoms with Crippen LogP contribution in [-0.4, -0.2) is 36.7 Å². The second-order valence-electron chi connectivity index (χ2n) is 8.41. The van der Waals surface area contributed by atoms with Crippen LogP contribution in [0.25, 0.3) is 0 Å². The molecule has 0 amide bonds. The van der Waals surface area contributed by atoms with Crippen molar-refractivity contribution < 1.29 is 14.3 Å². The van der Waals surface area contributed by atoms with Crippen molar-refractivity contribution in [3.05, 3.63) is 82.3 Å². The van der Waals surface area contributed by atoms with E-state index in [1.807, 2.05) is 60.5 Å². The number of carbonyl (C=O) groups excluding carboxylic acids is 1. The maximum Gasteiger partial charge on any atom is 0.231 e. The second-order valence-corrected chi connectivity index (χ2v) is 8.41. The zero-order valence-corrected chi connectivity index (χ0v) is 18.0. The Morgan fingerprint density at radius 2 is 1.81 bits per heavy atom. The first kappa shape index (κ1) is 20.2. The fraction of sp³-hybridized carbons (Fsp3) is 0.280. The van der Waals surface area contributed by atoms with E-state index in [4.69, 9.17) is 15.2 Å². The smallest absolute Gasteiger partial charge is 0.231 e. The van der Waals surface area contributed by atoms with E-state index in [1.165, 1.54) is 0 Å². The Morgan fingerprint density at radius 3 is 2.53 bits per heavy atom. The summed E-state index contributed by atoms with van der Waals surface area (Å²) >= 11 is 0. The van der Waals surface area contributed by atoms with Crippen molar-refractivity contribution in [1.29, 1.82) is 5.26 Å². The summed E-state index contributed by atoms with van der Waals surface area (Å²) in [4.78, 5) is 13.6. The van der Waals surface area contributed by atoms with E-state index in [9.17, 15) is 10.1 Å². The number of rotatable bonds is 3. The van der Waals surface area contributed by atoms with Gasteiger partial charge >= 0.3 is 0 Å². The van der Waals surface area contributed by atoms with Gasteiger partial charge in [-0.3, -0.25) is 9.80 Å². The summed E-state index contributed by atoms with van der Waals surface area (Å²) in [6.07, 6.45) is 1.05. The number of nitrogens with zero attached hydrogens (tertiary/aromatic N) is 3. The fourth-order valence-corrected chi connectivity index (χ4v) is 4.96. The Balaban J connectivity index is 1.67. The quantitative estimate of drug-likeness (QED) is 0.801. The fourth-order valence-electron chi connectivity index (χ4n) is 4.96. The molecular formula is C25H24N4O3. The Labute approximate surface area is 186 Å². The average molecular weight is 428 g/mol. The predicted molar refractivity (Wildman–Crippen MR) is 118 cm³/mol. The maximum atomic E-state index is 13.6. The van der Waals surface area contributed by atoms with Gasteiger partial charge < -0.3 is 15.2 Å². The lowest BCUT2D eigenvalue weighted by Gasteiger charge is -2.43. The van der Waals surface area contributed by atoms with Crippen LogP contribution >= 0.6 is 0 Å². The molecule has 2 aromatic carbocycles. The lowest BCUT2D eigenvalue weighted by Crippen LogP contribution is -2.46. The van der Waals surface area contributed by atoms with Crippen LogP contribution in [0, 0.1) is 11.3 Å². The van der Waals surface area contributed by atoms with Crippen molar-refractivity contribution in [1.82, 2.24) is 10.0 Å². The van der Waals surface area contributed by atoms with Crippen molar-refractivity contribution in [2.24, 2.45) is 5.73 Å². The largest absolute Gasteiger partial charge is 0.454 e. The molecule has 0 bridgehead atoms. The van der Waals surface area contributed by atoms with Gasteiger partial charge in [0.05, 0.1) is 17.6 Å². The number of hydrazine groups is 1. The van der Waals surface area contributed by atoms with E-state index in [1.54, 1.807) is 0 Å². The monoisotopic (exact) mass is 428 g/mol. The first-order valence-corrected chi connectivity index (χ1v) is 10.6. The summed E-state index contributed by atoms with van der Waals surface area (Å²) in [6.45, 7) is 0.159. The molecule has 2 aromatic rings. The molecule has 0 fully saturated rings. The molecule has 0 spiro atoms. The molecule has 0 saturated carbocycles. The van der Waals surface area contributed by atoms with Crippen LogP contribution in [-0.2, 0) is 4.79 Å². The van der Waals surface area contributed by atoms with Gasteiger partial charge in [0, 0.05) is 31.8 Å². The molecule has 7 nitrogen and oxygen atoms in total. The molecule has 5 rings (SSSR count). The van der Waals surface area contributed by atoms with Gasteiger partial charge in [0.1, 0.15) is 5.82 Å². The van der Waals surface area contributed by atoms with Crippen LogP contribution in [0.3, 0.4) is 0 Å². The molecule has 3 aliphatic rings. The Kier molecular flexibility index (Phi) is 4.87. The summed E-state index contributed by atoms with van der Waals surface area (Å²) in [5.74, 6) is 1.17. The van der Waals surface area contributed by atoms with Crippen molar-refractivity contribution in [2.45, 2.75) is 24.7 Å². The third kappa shape index (κ3) is 3.12. The van der Waals surface area contributed by atoms with E-state index in [2.05, 4.69) is 18.2 Å². The molecular weight excluding hydrogens is 404 g/mol. The number of benzene rings is 2. The van der Waals surface area contributed by atoms with Crippen LogP contribution in [0.2, 0.25) is 0 Å². The highest BCUT2D eigenvalue weighted by Gasteiger charge is 2.43. The van der Waals surface area contributed by atoms with Crippen molar-refractivity contribution in [3.63, 3.8) is 0 Å². The Hall–Kier alpha value is -3.76. The zero-order valence-electron chi connectivity index (χ0n) is 18.0.